The first kappa shape index (κ1) is 8.96. The van der Waals surface area contributed by atoms with Crippen molar-refractivity contribution in [3.05, 3.63) is 0 Å². The summed E-state index contributed by atoms with van der Waals surface area (Å²) in [5, 5.41) is 8.89. The number of hydrogen-bond acceptors (Lipinski definition) is 4. The zero-order chi connectivity index (χ0) is 8.70. The lowest BCUT2D eigenvalue weighted by Crippen LogP contribution is -2.44. The van der Waals surface area contributed by atoms with Crippen LogP contribution in [0.15, 0.2) is 0 Å². The van der Waals surface area contributed by atoms with Gasteiger partial charge in [-0.15, -0.1) is 0 Å². The van der Waals surface area contributed by atoms with E-state index in [0.717, 1.165) is 0 Å². The topological polar surface area (TPSA) is 80.4 Å². The van der Waals surface area contributed by atoms with Crippen molar-refractivity contribution in [2.45, 2.75) is 24.2 Å². The molecule has 0 saturated carbocycles. The molecule has 1 aliphatic rings. The highest BCUT2D eigenvalue weighted by atomic mass is 32.2. The zero-order valence-electron chi connectivity index (χ0n) is 6.45. The number of nitrogens with two attached hydrogens (primary N) is 1. The quantitative estimate of drug-likeness (QED) is 0.534. The maximum Gasteiger partial charge on any atom is 0.155 e. The fourth-order valence-electron chi connectivity index (χ4n) is 1.30. The molecule has 0 aromatic carbocycles. The normalized spacial score (nSPS) is 42.6. The number of hydrogen-bond donors (Lipinski definition) is 2. The highest BCUT2D eigenvalue weighted by molar-refractivity contribution is 7.92. The van der Waals surface area contributed by atoms with E-state index in [4.69, 9.17) is 5.73 Å². The van der Waals surface area contributed by atoms with Crippen molar-refractivity contribution in [2.75, 3.05) is 12.3 Å². The molecule has 4 nitrogen and oxygen atoms in total. The molecule has 0 amide bonds. The summed E-state index contributed by atoms with van der Waals surface area (Å²) in [6.07, 6.45) is 0.271. The fourth-order valence-corrected chi connectivity index (χ4v) is 3.18. The zero-order valence-corrected chi connectivity index (χ0v) is 7.26. The molecular weight excluding hydrogens is 166 g/mol. The summed E-state index contributed by atoms with van der Waals surface area (Å²) < 4.78 is 22.2. The number of aliphatic hydroxyl groups is 1. The highest BCUT2D eigenvalue weighted by Crippen LogP contribution is 2.29. The van der Waals surface area contributed by atoms with Crippen LogP contribution in [0.4, 0.5) is 0 Å². The second-order valence-corrected chi connectivity index (χ2v) is 5.51. The molecule has 0 bridgehead atoms. The molecule has 1 aliphatic heterocycles. The first-order valence-corrected chi connectivity index (χ1v) is 5.28. The lowest BCUT2D eigenvalue weighted by Gasteiger charge is -2.23. The molecule has 11 heavy (non-hydrogen) atoms. The molecule has 5 heteroatoms. The minimum atomic E-state index is -3.07. The third-order valence-corrected chi connectivity index (χ3v) is 4.76. The van der Waals surface area contributed by atoms with E-state index < -0.39 is 20.7 Å². The third-order valence-electron chi connectivity index (χ3n) is 2.47. The van der Waals surface area contributed by atoms with Crippen LogP contribution in [-0.4, -0.2) is 36.7 Å². The van der Waals surface area contributed by atoms with Crippen LogP contribution in [0.1, 0.15) is 13.3 Å². The Balaban J connectivity index is 2.96. The standard InChI is InChI=1S/C6H13NO3S/c1-5-6(8,4-7)2-3-11(5,9)10/h5,8H,2-4,7H2,1H3. The number of sulfone groups is 1. The summed E-state index contributed by atoms with van der Waals surface area (Å²) in [4.78, 5) is 0. The van der Waals surface area contributed by atoms with Gasteiger partial charge < -0.3 is 10.8 Å². The van der Waals surface area contributed by atoms with Gasteiger partial charge in [-0.25, -0.2) is 8.42 Å². The molecule has 1 heterocycles. The van der Waals surface area contributed by atoms with E-state index >= 15 is 0 Å². The lowest BCUT2D eigenvalue weighted by molar-refractivity contribution is 0.0543. The van der Waals surface area contributed by atoms with Crippen molar-refractivity contribution in [2.24, 2.45) is 5.73 Å². The van der Waals surface area contributed by atoms with E-state index in [1.54, 1.807) is 0 Å². The minimum absolute atomic E-state index is 0.0212. The van der Waals surface area contributed by atoms with Gasteiger partial charge in [0.25, 0.3) is 0 Å². The van der Waals surface area contributed by atoms with E-state index in [2.05, 4.69) is 0 Å². The van der Waals surface area contributed by atoms with Gasteiger partial charge in [-0.2, -0.15) is 0 Å². The molecule has 0 spiro atoms. The summed E-state index contributed by atoms with van der Waals surface area (Å²) in [5.41, 5.74) is 4.08. The summed E-state index contributed by atoms with van der Waals surface area (Å²) in [7, 11) is -3.07. The Morgan fingerprint density at radius 1 is 1.73 bits per heavy atom. The monoisotopic (exact) mass is 179 g/mol. The summed E-state index contributed by atoms with van der Waals surface area (Å²) >= 11 is 0. The molecule has 1 fully saturated rings. The van der Waals surface area contributed by atoms with Crippen molar-refractivity contribution < 1.29 is 13.5 Å². The van der Waals surface area contributed by atoms with Crippen LogP contribution in [0, 0.1) is 0 Å². The largest absolute Gasteiger partial charge is 0.387 e. The molecular formula is C6H13NO3S. The molecule has 1 saturated heterocycles. The van der Waals surface area contributed by atoms with Crippen LogP contribution in [0.25, 0.3) is 0 Å². The average Bonchev–Trinajstić information content (AvgIpc) is 2.16. The summed E-state index contributed by atoms with van der Waals surface area (Å²) in [5.74, 6) is 0.0574. The van der Waals surface area contributed by atoms with Gasteiger partial charge in [-0.05, 0) is 13.3 Å². The van der Waals surface area contributed by atoms with Crippen LogP contribution < -0.4 is 5.73 Å². The second-order valence-electron chi connectivity index (χ2n) is 3.07. The summed E-state index contributed by atoms with van der Waals surface area (Å²) in [6, 6.07) is 0. The molecule has 1 rings (SSSR count). The highest BCUT2D eigenvalue weighted by Gasteiger charge is 2.47. The molecule has 0 radical (unpaired) electrons. The van der Waals surface area contributed by atoms with Gasteiger partial charge in [0.05, 0.1) is 16.6 Å². The van der Waals surface area contributed by atoms with Gasteiger partial charge in [-0.1, -0.05) is 0 Å². The van der Waals surface area contributed by atoms with E-state index in [1.807, 2.05) is 0 Å². The Hall–Kier alpha value is -0.130. The molecule has 2 unspecified atom stereocenters. The Morgan fingerprint density at radius 3 is 2.45 bits per heavy atom. The van der Waals surface area contributed by atoms with Crippen LogP contribution in [0.5, 0.6) is 0 Å². The van der Waals surface area contributed by atoms with Gasteiger partial charge in [-0.3, -0.25) is 0 Å². The molecule has 0 aromatic heterocycles. The maximum atomic E-state index is 11.1. The van der Waals surface area contributed by atoms with Gasteiger partial charge in [0.15, 0.2) is 9.84 Å². The predicted molar refractivity (Wildman–Crippen MR) is 41.9 cm³/mol. The van der Waals surface area contributed by atoms with E-state index in [-0.39, 0.29) is 18.7 Å². The minimum Gasteiger partial charge on any atom is -0.387 e. The van der Waals surface area contributed by atoms with E-state index in [0.29, 0.717) is 0 Å². The van der Waals surface area contributed by atoms with Crippen LogP contribution in [0.2, 0.25) is 0 Å². The molecule has 3 N–H and O–H groups in total. The first-order chi connectivity index (χ1) is 4.92. The van der Waals surface area contributed by atoms with Gasteiger partial charge in [0.2, 0.25) is 0 Å². The van der Waals surface area contributed by atoms with Gasteiger partial charge in [0, 0.05) is 6.54 Å². The Kier molecular flexibility index (Phi) is 1.98. The SMILES string of the molecule is CC1C(O)(CN)CCS1(=O)=O. The van der Waals surface area contributed by atoms with Crippen molar-refractivity contribution in [3.8, 4) is 0 Å². The van der Waals surface area contributed by atoms with E-state index in [9.17, 15) is 13.5 Å². The second kappa shape index (κ2) is 2.43. The van der Waals surface area contributed by atoms with Gasteiger partial charge >= 0.3 is 0 Å². The Morgan fingerprint density at radius 2 is 2.27 bits per heavy atom. The summed E-state index contributed by atoms with van der Waals surface area (Å²) in [6.45, 7) is 1.53. The fraction of sp³-hybridized carbons (Fsp3) is 1.00. The van der Waals surface area contributed by atoms with Crippen LogP contribution in [-0.2, 0) is 9.84 Å². The maximum absolute atomic E-state index is 11.1. The van der Waals surface area contributed by atoms with E-state index in [1.165, 1.54) is 6.92 Å². The van der Waals surface area contributed by atoms with Crippen LogP contribution >= 0.6 is 0 Å². The Bertz CT molecular complexity index is 249. The predicted octanol–water partition coefficient (Wildman–Crippen LogP) is -1.12. The smallest absolute Gasteiger partial charge is 0.155 e. The first-order valence-electron chi connectivity index (χ1n) is 3.56. The van der Waals surface area contributed by atoms with Crippen molar-refractivity contribution in [3.63, 3.8) is 0 Å². The molecule has 0 aliphatic carbocycles. The van der Waals surface area contributed by atoms with Crippen LogP contribution in [0.3, 0.4) is 0 Å². The molecule has 2 atom stereocenters. The number of rotatable bonds is 1. The average molecular weight is 179 g/mol. The third kappa shape index (κ3) is 1.28. The molecule has 0 aromatic rings. The van der Waals surface area contributed by atoms with Crippen molar-refractivity contribution >= 4 is 9.84 Å². The van der Waals surface area contributed by atoms with Crippen molar-refractivity contribution in [1.29, 1.82) is 0 Å². The van der Waals surface area contributed by atoms with Crippen molar-refractivity contribution in [1.82, 2.24) is 0 Å². The Labute approximate surface area is 66.3 Å². The van der Waals surface area contributed by atoms with Gasteiger partial charge in [0.1, 0.15) is 0 Å². The lowest BCUT2D eigenvalue weighted by atomic mass is 9.98. The molecule has 66 valence electrons.